The maximum atomic E-state index is 12.7. The molecule has 3 aliphatic heterocycles. The first kappa shape index (κ1) is 15.3. The molecule has 0 aromatic carbocycles. The van der Waals surface area contributed by atoms with Crippen LogP contribution in [0.3, 0.4) is 0 Å². The van der Waals surface area contributed by atoms with E-state index in [1.54, 1.807) is 0 Å². The molecule has 0 saturated carbocycles. The number of fused-ring (bicyclic) bond motifs is 1. The van der Waals surface area contributed by atoms with Crippen LogP contribution in [0.25, 0.3) is 0 Å². The van der Waals surface area contributed by atoms with Crippen molar-refractivity contribution in [2.24, 2.45) is 23.7 Å². The molecule has 3 rings (SSSR count). The monoisotopic (exact) mass is 293 g/mol. The standard InChI is InChI=1S/C17H31N3O/c1-12-5-13(2)9-19(8-12)16(21)11-20-10-14-6-18-7-15(14)17(20,3)4/h12-15,18H,5-11H2,1-4H3. The van der Waals surface area contributed by atoms with Crippen molar-refractivity contribution in [1.29, 1.82) is 0 Å². The summed E-state index contributed by atoms with van der Waals surface area (Å²) in [6, 6.07) is 0. The molecule has 21 heavy (non-hydrogen) atoms. The fourth-order valence-corrected chi connectivity index (χ4v) is 4.90. The van der Waals surface area contributed by atoms with Gasteiger partial charge in [0.05, 0.1) is 6.54 Å². The van der Waals surface area contributed by atoms with Gasteiger partial charge < -0.3 is 10.2 Å². The SMILES string of the molecule is CC1CC(C)CN(C(=O)CN2CC3CNCC3C2(C)C)C1. The van der Waals surface area contributed by atoms with Crippen molar-refractivity contribution >= 4 is 5.91 Å². The number of amides is 1. The Balaban J connectivity index is 1.62. The first-order valence-corrected chi connectivity index (χ1v) is 8.61. The highest BCUT2D eigenvalue weighted by Crippen LogP contribution is 2.40. The van der Waals surface area contributed by atoms with Crippen LogP contribution in [0.5, 0.6) is 0 Å². The van der Waals surface area contributed by atoms with Crippen molar-refractivity contribution in [1.82, 2.24) is 15.1 Å². The average Bonchev–Trinajstić information content (AvgIpc) is 2.92. The lowest BCUT2D eigenvalue weighted by Gasteiger charge is -2.39. The second-order valence-corrected chi connectivity index (χ2v) is 8.30. The smallest absolute Gasteiger partial charge is 0.236 e. The van der Waals surface area contributed by atoms with Gasteiger partial charge >= 0.3 is 0 Å². The average molecular weight is 293 g/mol. The van der Waals surface area contributed by atoms with Gasteiger partial charge in [-0.3, -0.25) is 9.69 Å². The van der Waals surface area contributed by atoms with Crippen LogP contribution in [0.4, 0.5) is 0 Å². The predicted octanol–water partition coefficient (Wildman–Crippen LogP) is 1.42. The molecule has 1 N–H and O–H groups in total. The third-order valence-electron chi connectivity index (χ3n) is 6.06. The van der Waals surface area contributed by atoms with Gasteiger partial charge in [-0.25, -0.2) is 0 Å². The predicted molar refractivity (Wildman–Crippen MR) is 85.0 cm³/mol. The van der Waals surface area contributed by atoms with Gasteiger partial charge in [0.2, 0.25) is 5.91 Å². The third kappa shape index (κ3) is 2.85. The van der Waals surface area contributed by atoms with E-state index < -0.39 is 0 Å². The Labute approximate surface area is 129 Å². The summed E-state index contributed by atoms with van der Waals surface area (Å²) in [6.07, 6.45) is 1.26. The summed E-state index contributed by atoms with van der Waals surface area (Å²) in [5.41, 5.74) is 0.150. The molecule has 0 radical (unpaired) electrons. The number of nitrogens with one attached hydrogen (secondary N) is 1. The van der Waals surface area contributed by atoms with Gasteiger partial charge in [-0.2, -0.15) is 0 Å². The van der Waals surface area contributed by atoms with Gasteiger partial charge in [0, 0.05) is 31.7 Å². The fraction of sp³-hybridized carbons (Fsp3) is 0.941. The zero-order valence-corrected chi connectivity index (χ0v) is 14.1. The maximum absolute atomic E-state index is 12.7. The van der Waals surface area contributed by atoms with E-state index in [0.717, 1.165) is 38.6 Å². The molecule has 4 heteroatoms. The summed E-state index contributed by atoms with van der Waals surface area (Å²) in [6.45, 7) is 15.0. The minimum absolute atomic E-state index is 0.150. The van der Waals surface area contributed by atoms with Gasteiger partial charge in [-0.15, -0.1) is 0 Å². The molecule has 0 bridgehead atoms. The molecular formula is C17H31N3O. The zero-order chi connectivity index (χ0) is 15.2. The Hall–Kier alpha value is -0.610. The summed E-state index contributed by atoms with van der Waals surface area (Å²) in [7, 11) is 0. The molecule has 4 nitrogen and oxygen atoms in total. The van der Waals surface area contributed by atoms with Crippen molar-refractivity contribution in [2.75, 3.05) is 39.3 Å². The Bertz CT molecular complexity index is 399. The summed E-state index contributed by atoms with van der Waals surface area (Å²) in [4.78, 5) is 17.3. The van der Waals surface area contributed by atoms with E-state index in [1.165, 1.54) is 6.42 Å². The van der Waals surface area contributed by atoms with Crippen molar-refractivity contribution in [2.45, 2.75) is 39.7 Å². The van der Waals surface area contributed by atoms with Crippen molar-refractivity contribution < 1.29 is 4.79 Å². The number of piperidine rings is 1. The lowest BCUT2D eigenvalue weighted by Crippen LogP contribution is -2.51. The molecule has 3 heterocycles. The molecule has 0 aromatic heterocycles. The number of rotatable bonds is 2. The van der Waals surface area contributed by atoms with Crippen LogP contribution in [0.2, 0.25) is 0 Å². The van der Waals surface area contributed by atoms with E-state index in [9.17, 15) is 4.79 Å². The molecule has 120 valence electrons. The van der Waals surface area contributed by atoms with Crippen molar-refractivity contribution in [3.8, 4) is 0 Å². The fourth-order valence-electron chi connectivity index (χ4n) is 4.90. The normalized spacial score (nSPS) is 39.5. The number of likely N-dealkylation sites (tertiary alicyclic amines) is 2. The Morgan fingerprint density at radius 3 is 2.43 bits per heavy atom. The highest BCUT2D eigenvalue weighted by Gasteiger charge is 2.50. The van der Waals surface area contributed by atoms with E-state index >= 15 is 0 Å². The largest absolute Gasteiger partial charge is 0.341 e. The number of hydrogen-bond donors (Lipinski definition) is 1. The van der Waals surface area contributed by atoms with Gasteiger partial charge in [-0.05, 0) is 50.5 Å². The third-order valence-corrected chi connectivity index (χ3v) is 6.06. The Morgan fingerprint density at radius 2 is 1.81 bits per heavy atom. The maximum Gasteiger partial charge on any atom is 0.236 e. The van der Waals surface area contributed by atoms with E-state index in [1.807, 2.05) is 0 Å². The minimum Gasteiger partial charge on any atom is -0.341 e. The van der Waals surface area contributed by atoms with E-state index in [0.29, 0.717) is 30.2 Å². The lowest BCUT2D eigenvalue weighted by atomic mass is 9.85. The zero-order valence-electron chi connectivity index (χ0n) is 14.1. The molecule has 0 spiro atoms. The van der Waals surface area contributed by atoms with Crippen LogP contribution in [-0.4, -0.2) is 60.5 Å². The first-order valence-electron chi connectivity index (χ1n) is 8.61. The van der Waals surface area contributed by atoms with Gasteiger partial charge in [0.1, 0.15) is 0 Å². The topological polar surface area (TPSA) is 35.6 Å². The molecule has 3 fully saturated rings. The quantitative estimate of drug-likeness (QED) is 0.836. The van der Waals surface area contributed by atoms with Crippen LogP contribution in [0.1, 0.15) is 34.1 Å². The minimum atomic E-state index is 0.150. The molecule has 3 aliphatic rings. The van der Waals surface area contributed by atoms with Crippen LogP contribution in [-0.2, 0) is 4.79 Å². The second-order valence-electron chi connectivity index (χ2n) is 8.30. The Morgan fingerprint density at radius 1 is 1.14 bits per heavy atom. The molecule has 0 aromatic rings. The summed E-state index contributed by atoms with van der Waals surface area (Å²) in [5, 5.41) is 3.51. The Kier molecular flexibility index (Phi) is 4.04. The lowest BCUT2D eigenvalue weighted by molar-refractivity contribution is -0.136. The molecule has 1 amide bonds. The number of carbonyl (C=O) groups is 1. The van der Waals surface area contributed by atoms with Crippen LogP contribution < -0.4 is 5.32 Å². The summed E-state index contributed by atoms with van der Waals surface area (Å²) < 4.78 is 0. The van der Waals surface area contributed by atoms with Crippen LogP contribution in [0, 0.1) is 23.7 Å². The van der Waals surface area contributed by atoms with Crippen molar-refractivity contribution in [3.63, 3.8) is 0 Å². The number of carbonyl (C=O) groups excluding carboxylic acids is 1. The van der Waals surface area contributed by atoms with Gasteiger partial charge in [0.15, 0.2) is 0 Å². The summed E-state index contributed by atoms with van der Waals surface area (Å²) in [5.74, 6) is 3.06. The van der Waals surface area contributed by atoms with E-state index in [-0.39, 0.29) is 5.54 Å². The van der Waals surface area contributed by atoms with E-state index in [2.05, 4.69) is 42.8 Å². The summed E-state index contributed by atoms with van der Waals surface area (Å²) >= 11 is 0. The molecule has 4 unspecified atom stereocenters. The molecule has 3 saturated heterocycles. The number of hydrogen-bond acceptors (Lipinski definition) is 3. The van der Waals surface area contributed by atoms with Gasteiger partial charge in [-0.1, -0.05) is 13.8 Å². The van der Waals surface area contributed by atoms with Crippen molar-refractivity contribution in [3.05, 3.63) is 0 Å². The van der Waals surface area contributed by atoms with Crippen LogP contribution >= 0.6 is 0 Å². The van der Waals surface area contributed by atoms with E-state index in [4.69, 9.17) is 0 Å². The molecule has 0 aliphatic carbocycles. The highest BCUT2D eigenvalue weighted by atomic mass is 16.2. The van der Waals surface area contributed by atoms with Crippen LogP contribution in [0.15, 0.2) is 0 Å². The molecular weight excluding hydrogens is 262 g/mol. The first-order chi connectivity index (χ1) is 9.88. The molecule has 4 atom stereocenters. The number of nitrogens with zero attached hydrogens (tertiary/aromatic N) is 2. The van der Waals surface area contributed by atoms with Gasteiger partial charge in [0.25, 0.3) is 0 Å². The highest BCUT2D eigenvalue weighted by molar-refractivity contribution is 5.78. The second kappa shape index (κ2) is 5.54.